The highest BCUT2D eigenvalue weighted by Gasteiger charge is 2.32. The molecule has 1 aliphatic heterocycles. The normalized spacial score (nSPS) is 21.8. The minimum Gasteiger partial charge on any atom is -0.364 e. The van der Waals surface area contributed by atoms with Crippen molar-refractivity contribution in [3.8, 4) is 0 Å². The molecule has 0 aliphatic carbocycles. The molecule has 2 atom stereocenters. The molecule has 0 unspecified atom stereocenters. The van der Waals surface area contributed by atoms with Crippen LogP contribution in [0.2, 0.25) is 0 Å². The molecule has 1 fully saturated rings. The molecule has 0 spiro atoms. The topological polar surface area (TPSA) is 55.6 Å². The van der Waals surface area contributed by atoms with Crippen LogP contribution in [-0.2, 0) is 9.53 Å². The first-order chi connectivity index (χ1) is 8.61. The van der Waals surface area contributed by atoms with E-state index in [-0.39, 0.29) is 30.5 Å². The van der Waals surface area contributed by atoms with Gasteiger partial charge in [-0.05, 0) is 37.5 Å². The molecule has 19 heavy (non-hydrogen) atoms. The quantitative estimate of drug-likeness (QED) is 0.922. The zero-order valence-electron chi connectivity index (χ0n) is 11.3. The Hall–Kier alpha value is -1.10. The highest BCUT2D eigenvalue weighted by atomic mass is 35.5. The summed E-state index contributed by atoms with van der Waals surface area (Å²) in [4.78, 5) is 13.9. The SMILES string of the molecule is Cc1cccc(N(C)C(=O)[C@@H]2CC[C@H](CN)O2)c1.Cl. The molecule has 1 aromatic rings. The molecule has 1 amide bonds. The van der Waals surface area contributed by atoms with Gasteiger partial charge in [-0.2, -0.15) is 0 Å². The summed E-state index contributed by atoms with van der Waals surface area (Å²) >= 11 is 0. The van der Waals surface area contributed by atoms with Crippen LogP contribution in [0.4, 0.5) is 5.69 Å². The number of carbonyl (C=O) groups excluding carboxylic acids is 1. The number of hydrogen-bond donors (Lipinski definition) is 1. The Balaban J connectivity index is 0.00000180. The van der Waals surface area contributed by atoms with Gasteiger partial charge in [0.1, 0.15) is 6.10 Å². The minimum absolute atomic E-state index is 0. The van der Waals surface area contributed by atoms with E-state index in [0.29, 0.717) is 6.54 Å². The van der Waals surface area contributed by atoms with E-state index < -0.39 is 0 Å². The maximum atomic E-state index is 12.3. The molecule has 1 aliphatic rings. The number of rotatable bonds is 3. The van der Waals surface area contributed by atoms with Crippen molar-refractivity contribution in [1.82, 2.24) is 0 Å². The Kier molecular flexibility index (Phi) is 5.79. The number of aryl methyl sites for hydroxylation is 1. The van der Waals surface area contributed by atoms with Gasteiger partial charge in [0.2, 0.25) is 0 Å². The molecular formula is C14H21ClN2O2. The predicted molar refractivity (Wildman–Crippen MR) is 78.8 cm³/mol. The summed E-state index contributed by atoms with van der Waals surface area (Å²) in [5, 5.41) is 0. The second-order valence-corrected chi connectivity index (χ2v) is 4.80. The molecule has 2 N–H and O–H groups in total. The van der Waals surface area contributed by atoms with Gasteiger partial charge in [-0.15, -0.1) is 12.4 Å². The Morgan fingerprint density at radius 2 is 2.21 bits per heavy atom. The average Bonchev–Trinajstić information content (AvgIpc) is 2.85. The fourth-order valence-electron chi connectivity index (χ4n) is 2.24. The van der Waals surface area contributed by atoms with Crippen LogP contribution in [0.3, 0.4) is 0 Å². The number of carbonyl (C=O) groups is 1. The molecule has 5 heteroatoms. The molecule has 0 bridgehead atoms. The third kappa shape index (κ3) is 3.69. The summed E-state index contributed by atoms with van der Waals surface area (Å²) in [6, 6.07) is 7.89. The Labute approximate surface area is 120 Å². The molecule has 1 heterocycles. The number of nitrogens with two attached hydrogens (primary N) is 1. The number of benzene rings is 1. The lowest BCUT2D eigenvalue weighted by Gasteiger charge is -2.21. The van der Waals surface area contributed by atoms with Crippen LogP contribution in [0, 0.1) is 6.92 Å². The maximum Gasteiger partial charge on any atom is 0.255 e. The van der Waals surface area contributed by atoms with Crippen molar-refractivity contribution < 1.29 is 9.53 Å². The molecule has 2 rings (SSSR count). The lowest BCUT2D eigenvalue weighted by atomic mass is 10.1. The molecule has 1 saturated heterocycles. The first kappa shape index (κ1) is 16.0. The van der Waals surface area contributed by atoms with E-state index in [9.17, 15) is 4.79 Å². The van der Waals surface area contributed by atoms with Gasteiger partial charge in [-0.25, -0.2) is 0 Å². The van der Waals surface area contributed by atoms with Crippen LogP contribution in [-0.4, -0.2) is 31.7 Å². The van der Waals surface area contributed by atoms with Crippen molar-refractivity contribution in [1.29, 1.82) is 0 Å². The van der Waals surface area contributed by atoms with E-state index in [1.165, 1.54) is 0 Å². The predicted octanol–water partition coefficient (Wildman–Crippen LogP) is 1.89. The lowest BCUT2D eigenvalue weighted by Crippen LogP contribution is -2.37. The summed E-state index contributed by atoms with van der Waals surface area (Å²) in [5.74, 6) is 0.0107. The van der Waals surface area contributed by atoms with E-state index >= 15 is 0 Å². The summed E-state index contributed by atoms with van der Waals surface area (Å²) < 4.78 is 5.63. The van der Waals surface area contributed by atoms with Crippen molar-refractivity contribution >= 4 is 24.0 Å². The zero-order chi connectivity index (χ0) is 13.1. The van der Waals surface area contributed by atoms with Crippen molar-refractivity contribution in [3.63, 3.8) is 0 Å². The number of ether oxygens (including phenoxy) is 1. The first-order valence-electron chi connectivity index (χ1n) is 6.31. The number of amides is 1. The van der Waals surface area contributed by atoms with E-state index in [1.807, 2.05) is 31.2 Å². The van der Waals surface area contributed by atoms with Crippen molar-refractivity contribution in [3.05, 3.63) is 29.8 Å². The Morgan fingerprint density at radius 3 is 2.79 bits per heavy atom. The first-order valence-corrected chi connectivity index (χ1v) is 6.31. The van der Waals surface area contributed by atoms with Crippen LogP contribution in [0.1, 0.15) is 18.4 Å². The van der Waals surface area contributed by atoms with Gasteiger partial charge in [-0.1, -0.05) is 12.1 Å². The second kappa shape index (κ2) is 6.89. The van der Waals surface area contributed by atoms with Crippen LogP contribution in [0.5, 0.6) is 0 Å². The molecule has 0 radical (unpaired) electrons. The van der Waals surface area contributed by atoms with E-state index in [1.54, 1.807) is 11.9 Å². The van der Waals surface area contributed by atoms with Crippen LogP contribution in [0.25, 0.3) is 0 Å². The highest BCUT2D eigenvalue weighted by Crippen LogP contribution is 2.23. The maximum absolute atomic E-state index is 12.3. The Bertz CT molecular complexity index is 439. The highest BCUT2D eigenvalue weighted by molar-refractivity contribution is 5.96. The fourth-order valence-corrected chi connectivity index (χ4v) is 2.24. The van der Waals surface area contributed by atoms with E-state index in [4.69, 9.17) is 10.5 Å². The lowest BCUT2D eigenvalue weighted by molar-refractivity contribution is -0.128. The number of hydrogen-bond acceptors (Lipinski definition) is 3. The third-order valence-corrected chi connectivity index (χ3v) is 3.37. The number of likely N-dealkylation sites (N-methyl/N-ethyl adjacent to an activating group) is 1. The van der Waals surface area contributed by atoms with E-state index in [2.05, 4.69) is 0 Å². The fraction of sp³-hybridized carbons (Fsp3) is 0.500. The molecule has 1 aromatic carbocycles. The standard InChI is InChI=1S/C14H20N2O2.ClH/c1-10-4-3-5-11(8-10)16(2)14(17)13-7-6-12(9-15)18-13;/h3-5,8,12-13H,6-7,9,15H2,1-2H3;1H/t12-,13+;/m1./s1. The van der Waals surface area contributed by atoms with Gasteiger partial charge < -0.3 is 15.4 Å². The van der Waals surface area contributed by atoms with Gasteiger partial charge in [0.15, 0.2) is 0 Å². The van der Waals surface area contributed by atoms with Crippen LogP contribution < -0.4 is 10.6 Å². The van der Waals surface area contributed by atoms with Gasteiger partial charge >= 0.3 is 0 Å². The minimum atomic E-state index is -0.343. The van der Waals surface area contributed by atoms with Gasteiger partial charge in [-0.3, -0.25) is 4.79 Å². The number of halogens is 1. The van der Waals surface area contributed by atoms with Gasteiger partial charge in [0.25, 0.3) is 5.91 Å². The molecule has 0 saturated carbocycles. The summed E-state index contributed by atoms with van der Waals surface area (Å²) in [6.45, 7) is 2.50. The number of anilines is 1. The van der Waals surface area contributed by atoms with Crippen LogP contribution >= 0.6 is 12.4 Å². The third-order valence-electron chi connectivity index (χ3n) is 3.37. The van der Waals surface area contributed by atoms with Crippen molar-refractivity contribution in [2.24, 2.45) is 5.73 Å². The monoisotopic (exact) mass is 284 g/mol. The zero-order valence-corrected chi connectivity index (χ0v) is 12.2. The molecule has 0 aromatic heterocycles. The van der Waals surface area contributed by atoms with Crippen molar-refractivity contribution in [2.45, 2.75) is 32.0 Å². The van der Waals surface area contributed by atoms with Crippen LogP contribution in [0.15, 0.2) is 24.3 Å². The second-order valence-electron chi connectivity index (χ2n) is 4.80. The van der Waals surface area contributed by atoms with Gasteiger partial charge in [0.05, 0.1) is 6.10 Å². The average molecular weight is 285 g/mol. The van der Waals surface area contributed by atoms with Crippen molar-refractivity contribution in [2.75, 3.05) is 18.5 Å². The molecule has 4 nitrogen and oxygen atoms in total. The summed E-state index contributed by atoms with van der Waals surface area (Å²) in [5.41, 5.74) is 7.59. The largest absolute Gasteiger partial charge is 0.364 e. The smallest absolute Gasteiger partial charge is 0.255 e. The number of nitrogens with zero attached hydrogens (tertiary/aromatic N) is 1. The molecule has 106 valence electrons. The van der Waals surface area contributed by atoms with Gasteiger partial charge in [0, 0.05) is 19.3 Å². The van der Waals surface area contributed by atoms with E-state index in [0.717, 1.165) is 24.1 Å². The summed E-state index contributed by atoms with van der Waals surface area (Å²) in [7, 11) is 1.79. The molecular weight excluding hydrogens is 264 g/mol. The summed E-state index contributed by atoms with van der Waals surface area (Å²) in [6.07, 6.45) is 1.32. The Morgan fingerprint density at radius 1 is 1.47 bits per heavy atom.